The third-order valence-corrected chi connectivity index (χ3v) is 5.13. The number of hydrogen-bond acceptors (Lipinski definition) is 4. The summed E-state index contributed by atoms with van der Waals surface area (Å²) >= 11 is 0. The third kappa shape index (κ3) is 3.19. The van der Waals surface area contributed by atoms with Crippen LogP contribution in [0, 0.1) is 0 Å². The molecule has 0 fully saturated rings. The number of aryl methyl sites for hydroxylation is 1. The zero-order valence-electron chi connectivity index (χ0n) is 16.1. The van der Waals surface area contributed by atoms with E-state index < -0.39 is 0 Å². The first-order chi connectivity index (χ1) is 13.1. The van der Waals surface area contributed by atoms with Crippen LogP contribution in [0.4, 0.5) is 5.69 Å². The van der Waals surface area contributed by atoms with Crippen molar-refractivity contribution < 1.29 is 5.11 Å². The highest BCUT2D eigenvalue weighted by Crippen LogP contribution is 2.38. The number of phenolic OH excluding ortho intramolecular Hbond substituents is 1. The van der Waals surface area contributed by atoms with Crippen molar-refractivity contribution >= 4 is 38.3 Å². The summed E-state index contributed by atoms with van der Waals surface area (Å²) in [6.07, 6.45) is 5.85. The van der Waals surface area contributed by atoms with E-state index in [2.05, 4.69) is 53.3 Å². The maximum Gasteiger partial charge on any atom is 0.118 e. The van der Waals surface area contributed by atoms with E-state index in [1.165, 1.54) is 10.9 Å². The summed E-state index contributed by atoms with van der Waals surface area (Å²) in [6.45, 7) is 4.03. The van der Waals surface area contributed by atoms with E-state index in [1.54, 1.807) is 0 Å². The van der Waals surface area contributed by atoms with Crippen LogP contribution in [0.1, 0.15) is 18.9 Å². The van der Waals surface area contributed by atoms with Gasteiger partial charge in [0.05, 0.1) is 5.52 Å². The number of fused-ring (bicyclic) bond motifs is 5. The van der Waals surface area contributed by atoms with Gasteiger partial charge in [-0.15, -0.1) is 0 Å². The van der Waals surface area contributed by atoms with Crippen LogP contribution >= 0.6 is 0 Å². The first-order valence-corrected chi connectivity index (χ1v) is 9.51. The number of aromatic nitrogens is 2. The first-order valence-electron chi connectivity index (χ1n) is 9.51. The van der Waals surface area contributed by atoms with Crippen molar-refractivity contribution in [3.63, 3.8) is 0 Å². The highest BCUT2D eigenvalue weighted by molar-refractivity contribution is 6.24. The molecular formula is C22H26N4O. The fourth-order valence-corrected chi connectivity index (χ4v) is 3.84. The van der Waals surface area contributed by atoms with Gasteiger partial charge in [0.1, 0.15) is 5.75 Å². The lowest BCUT2D eigenvalue weighted by Gasteiger charge is -2.14. The molecule has 0 spiro atoms. The van der Waals surface area contributed by atoms with Crippen LogP contribution in [0.5, 0.6) is 5.75 Å². The summed E-state index contributed by atoms with van der Waals surface area (Å²) in [5.74, 6) is 0.282. The van der Waals surface area contributed by atoms with Gasteiger partial charge < -0.3 is 20.3 Å². The molecule has 4 aromatic rings. The minimum atomic E-state index is 0.282. The lowest BCUT2D eigenvalue weighted by molar-refractivity contribution is 0.405. The number of phenols is 1. The number of pyridine rings is 1. The van der Waals surface area contributed by atoms with Crippen molar-refractivity contribution in [2.24, 2.45) is 0 Å². The average Bonchev–Trinajstić information content (AvgIpc) is 3.03. The summed E-state index contributed by atoms with van der Waals surface area (Å²) in [5.41, 5.74) is 4.44. The molecule has 3 N–H and O–H groups in total. The van der Waals surface area contributed by atoms with E-state index in [0.29, 0.717) is 0 Å². The molecule has 2 heterocycles. The van der Waals surface area contributed by atoms with Gasteiger partial charge in [-0.25, -0.2) is 0 Å². The van der Waals surface area contributed by atoms with Crippen LogP contribution in [0.25, 0.3) is 32.6 Å². The number of nitrogens with zero attached hydrogens (tertiary/aromatic N) is 2. The standard InChI is InChI=1S/C22H26N4O/c1-4-14-12-23-13-17-21-18(25-22(14)17)7-6-15-10-16(27)11-19(20(15)21)24-8-5-9-26(2)3/h6-7,10-13,24-25,27H,4-5,8-9H2,1-3H3. The zero-order valence-corrected chi connectivity index (χ0v) is 16.1. The predicted molar refractivity (Wildman–Crippen MR) is 114 cm³/mol. The van der Waals surface area contributed by atoms with Crippen LogP contribution in [-0.4, -0.2) is 47.2 Å². The van der Waals surface area contributed by atoms with Crippen molar-refractivity contribution in [3.8, 4) is 5.75 Å². The monoisotopic (exact) mass is 362 g/mol. The normalized spacial score (nSPS) is 11.9. The van der Waals surface area contributed by atoms with E-state index in [9.17, 15) is 5.11 Å². The molecule has 2 aromatic carbocycles. The molecule has 27 heavy (non-hydrogen) atoms. The minimum absolute atomic E-state index is 0.282. The number of hydrogen-bond donors (Lipinski definition) is 3. The largest absolute Gasteiger partial charge is 0.508 e. The smallest absolute Gasteiger partial charge is 0.118 e. The molecule has 5 nitrogen and oxygen atoms in total. The van der Waals surface area contributed by atoms with Crippen LogP contribution in [0.15, 0.2) is 36.7 Å². The van der Waals surface area contributed by atoms with Gasteiger partial charge in [0, 0.05) is 52.4 Å². The molecule has 0 atom stereocenters. The second-order valence-corrected chi connectivity index (χ2v) is 7.36. The number of nitrogens with one attached hydrogen (secondary N) is 2. The summed E-state index contributed by atoms with van der Waals surface area (Å²) in [5, 5.41) is 18.2. The molecule has 0 aliphatic heterocycles. The van der Waals surface area contributed by atoms with Crippen molar-refractivity contribution in [1.29, 1.82) is 0 Å². The number of anilines is 1. The van der Waals surface area contributed by atoms with Gasteiger partial charge in [0.15, 0.2) is 0 Å². The summed E-state index contributed by atoms with van der Waals surface area (Å²) in [4.78, 5) is 10.2. The highest BCUT2D eigenvalue weighted by atomic mass is 16.3. The van der Waals surface area contributed by atoms with Crippen molar-refractivity contribution in [2.45, 2.75) is 19.8 Å². The Bertz CT molecular complexity index is 1110. The van der Waals surface area contributed by atoms with Gasteiger partial charge in [0.25, 0.3) is 0 Å². The van der Waals surface area contributed by atoms with Gasteiger partial charge in [-0.3, -0.25) is 4.98 Å². The molecule has 2 aromatic heterocycles. The van der Waals surface area contributed by atoms with Crippen molar-refractivity contribution in [1.82, 2.24) is 14.9 Å². The van der Waals surface area contributed by atoms with Crippen LogP contribution in [0.3, 0.4) is 0 Å². The molecule has 0 amide bonds. The Hall–Kier alpha value is -2.79. The van der Waals surface area contributed by atoms with Gasteiger partial charge in [0.2, 0.25) is 0 Å². The average molecular weight is 362 g/mol. The lowest BCUT2D eigenvalue weighted by atomic mass is 10.0. The SMILES string of the molecule is CCc1cncc2c1[nH]c1ccc3cc(O)cc(NCCCN(C)C)c3c12. The molecule has 0 saturated heterocycles. The molecule has 5 heteroatoms. The van der Waals surface area contributed by atoms with Crippen molar-refractivity contribution in [2.75, 3.05) is 32.5 Å². The Kier molecular flexibility index (Phi) is 4.62. The number of aromatic amines is 1. The minimum Gasteiger partial charge on any atom is -0.508 e. The molecule has 0 aliphatic rings. The van der Waals surface area contributed by atoms with E-state index in [0.717, 1.165) is 58.8 Å². The lowest BCUT2D eigenvalue weighted by Crippen LogP contribution is -2.16. The summed E-state index contributed by atoms with van der Waals surface area (Å²) in [7, 11) is 4.16. The third-order valence-electron chi connectivity index (χ3n) is 5.13. The number of benzene rings is 2. The maximum absolute atomic E-state index is 10.2. The van der Waals surface area contributed by atoms with Crippen molar-refractivity contribution in [3.05, 3.63) is 42.2 Å². The molecule has 0 bridgehead atoms. The van der Waals surface area contributed by atoms with E-state index in [1.807, 2.05) is 24.5 Å². The second kappa shape index (κ2) is 7.08. The fraction of sp³-hybridized carbons (Fsp3) is 0.318. The predicted octanol–water partition coefficient (Wildman–Crippen LogP) is 4.50. The molecule has 0 unspecified atom stereocenters. The van der Waals surface area contributed by atoms with Gasteiger partial charge in [-0.05, 0) is 56.6 Å². The van der Waals surface area contributed by atoms with Crippen LogP contribution in [-0.2, 0) is 6.42 Å². The number of aromatic hydroxyl groups is 1. The Labute approximate surface area is 159 Å². The first kappa shape index (κ1) is 17.6. The Morgan fingerprint density at radius 2 is 2.00 bits per heavy atom. The van der Waals surface area contributed by atoms with E-state index >= 15 is 0 Å². The van der Waals surface area contributed by atoms with Gasteiger partial charge in [-0.1, -0.05) is 13.0 Å². The molecule has 0 aliphatic carbocycles. The molecular weight excluding hydrogens is 336 g/mol. The van der Waals surface area contributed by atoms with Crippen LogP contribution in [0.2, 0.25) is 0 Å². The number of rotatable bonds is 6. The van der Waals surface area contributed by atoms with E-state index in [-0.39, 0.29) is 5.75 Å². The fourth-order valence-electron chi connectivity index (χ4n) is 3.84. The summed E-state index contributed by atoms with van der Waals surface area (Å²) < 4.78 is 0. The molecule has 0 saturated carbocycles. The molecule has 140 valence electrons. The van der Waals surface area contributed by atoms with Gasteiger partial charge in [-0.2, -0.15) is 0 Å². The Balaban J connectivity index is 1.91. The maximum atomic E-state index is 10.2. The topological polar surface area (TPSA) is 64.2 Å². The highest BCUT2D eigenvalue weighted by Gasteiger charge is 2.14. The Morgan fingerprint density at radius 1 is 1.15 bits per heavy atom. The van der Waals surface area contributed by atoms with Gasteiger partial charge >= 0.3 is 0 Å². The molecule has 0 radical (unpaired) electrons. The van der Waals surface area contributed by atoms with Crippen LogP contribution < -0.4 is 5.32 Å². The quantitative estimate of drug-likeness (QED) is 0.442. The van der Waals surface area contributed by atoms with E-state index in [4.69, 9.17) is 0 Å². The molecule has 4 rings (SSSR count). The second-order valence-electron chi connectivity index (χ2n) is 7.36. The summed E-state index contributed by atoms with van der Waals surface area (Å²) in [6, 6.07) is 7.81. The zero-order chi connectivity index (χ0) is 19.0. The Morgan fingerprint density at radius 3 is 2.78 bits per heavy atom. The number of H-pyrrole nitrogens is 1.